The maximum absolute atomic E-state index is 12.9. The topological polar surface area (TPSA) is 66.8 Å². The van der Waals surface area contributed by atoms with Gasteiger partial charge in [0.25, 0.3) is 0 Å². The fourth-order valence-electron chi connectivity index (χ4n) is 3.96. The Hall–Kier alpha value is -2.21. The minimum atomic E-state index is -0.986. The second kappa shape index (κ2) is 4.89. The van der Waals surface area contributed by atoms with Crippen molar-refractivity contribution in [2.45, 2.75) is 18.1 Å². The van der Waals surface area contributed by atoms with E-state index in [1.54, 1.807) is 23.1 Å². The van der Waals surface area contributed by atoms with Gasteiger partial charge in [0.05, 0.1) is 18.6 Å². The molecule has 3 aliphatic heterocycles. The smallest absolute Gasteiger partial charge is 0.310 e. The van der Waals surface area contributed by atoms with Crippen LogP contribution in [0.15, 0.2) is 36.4 Å². The predicted octanol–water partition coefficient (Wildman–Crippen LogP) is 1.23. The van der Waals surface area contributed by atoms with Gasteiger partial charge in [-0.05, 0) is 24.1 Å². The predicted molar refractivity (Wildman–Crippen MR) is 78.0 cm³/mol. The third-order valence-electron chi connectivity index (χ3n) is 5.05. The van der Waals surface area contributed by atoms with Gasteiger partial charge in [0.1, 0.15) is 17.3 Å². The first-order valence-corrected chi connectivity index (χ1v) is 7.63. The lowest BCUT2D eigenvalue weighted by Crippen LogP contribution is -2.39. The Bertz CT molecular complexity index is 701. The van der Waals surface area contributed by atoms with Gasteiger partial charge in [-0.25, -0.2) is 4.39 Å². The molecule has 2 fully saturated rings. The molecule has 2 bridgehead atoms. The van der Waals surface area contributed by atoms with Crippen LogP contribution in [0.4, 0.5) is 4.39 Å². The number of halogens is 1. The highest BCUT2D eigenvalue weighted by molar-refractivity contribution is 5.90. The van der Waals surface area contributed by atoms with Crippen molar-refractivity contribution < 1.29 is 23.8 Å². The second-order valence-electron chi connectivity index (χ2n) is 6.37. The van der Waals surface area contributed by atoms with Crippen LogP contribution in [0.5, 0.6) is 0 Å². The number of benzene rings is 1. The number of likely N-dealkylation sites (tertiary alicyclic amines) is 1. The summed E-state index contributed by atoms with van der Waals surface area (Å²) in [6.45, 7) is 0.853. The normalized spacial score (nSPS) is 34.2. The Morgan fingerprint density at radius 2 is 2.13 bits per heavy atom. The van der Waals surface area contributed by atoms with Crippen molar-refractivity contribution in [1.82, 2.24) is 4.90 Å². The van der Waals surface area contributed by atoms with Gasteiger partial charge >= 0.3 is 5.97 Å². The number of ether oxygens (including phenoxy) is 1. The summed E-state index contributed by atoms with van der Waals surface area (Å²) in [5.41, 5.74) is 0.150. The van der Waals surface area contributed by atoms with Gasteiger partial charge in [0, 0.05) is 6.54 Å². The SMILES string of the molecule is O=C(O)C1C2C=CC3(CN(CCc4ccc(F)cc4)C(=O)C13)O2. The van der Waals surface area contributed by atoms with E-state index in [1.807, 2.05) is 6.08 Å². The van der Waals surface area contributed by atoms with Gasteiger partial charge in [0.2, 0.25) is 5.91 Å². The molecule has 4 unspecified atom stereocenters. The number of rotatable bonds is 4. The fourth-order valence-corrected chi connectivity index (χ4v) is 3.96. The first kappa shape index (κ1) is 14.4. The summed E-state index contributed by atoms with van der Waals surface area (Å²) in [6, 6.07) is 6.17. The van der Waals surface area contributed by atoms with Crippen LogP contribution in [-0.2, 0) is 20.7 Å². The number of aliphatic carboxylic acids is 1. The molecule has 23 heavy (non-hydrogen) atoms. The fraction of sp³-hybridized carbons (Fsp3) is 0.412. The van der Waals surface area contributed by atoms with Crippen molar-refractivity contribution >= 4 is 11.9 Å². The zero-order chi connectivity index (χ0) is 16.2. The van der Waals surface area contributed by atoms with E-state index in [9.17, 15) is 19.1 Å². The van der Waals surface area contributed by atoms with E-state index >= 15 is 0 Å². The zero-order valence-electron chi connectivity index (χ0n) is 12.3. The minimum absolute atomic E-state index is 0.161. The molecule has 0 aromatic heterocycles. The number of nitrogens with zero attached hydrogens (tertiary/aromatic N) is 1. The number of amides is 1. The molecule has 0 aliphatic carbocycles. The third-order valence-corrected chi connectivity index (χ3v) is 5.05. The summed E-state index contributed by atoms with van der Waals surface area (Å²) < 4.78 is 18.7. The maximum Gasteiger partial charge on any atom is 0.310 e. The van der Waals surface area contributed by atoms with Crippen molar-refractivity contribution in [3.05, 3.63) is 47.8 Å². The highest BCUT2D eigenvalue weighted by atomic mass is 19.1. The van der Waals surface area contributed by atoms with Crippen LogP contribution < -0.4 is 0 Å². The van der Waals surface area contributed by atoms with Crippen molar-refractivity contribution in [2.75, 3.05) is 13.1 Å². The summed E-state index contributed by atoms with van der Waals surface area (Å²) in [7, 11) is 0. The quantitative estimate of drug-likeness (QED) is 0.849. The number of carbonyl (C=O) groups excluding carboxylic acids is 1. The molecule has 1 N–H and O–H groups in total. The average Bonchev–Trinajstić information content (AvgIpc) is 3.15. The molecule has 3 heterocycles. The summed E-state index contributed by atoms with van der Waals surface area (Å²) in [5.74, 6) is -2.88. The van der Waals surface area contributed by atoms with E-state index in [0.717, 1.165) is 5.56 Å². The van der Waals surface area contributed by atoms with Gasteiger partial charge in [-0.3, -0.25) is 9.59 Å². The Balaban J connectivity index is 1.50. The van der Waals surface area contributed by atoms with Gasteiger partial charge in [-0.2, -0.15) is 0 Å². The summed E-state index contributed by atoms with van der Waals surface area (Å²) in [4.78, 5) is 25.8. The van der Waals surface area contributed by atoms with E-state index in [4.69, 9.17) is 4.74 Å². The number of hydrogen-bond acceptors (Lipinski definition) is 3. The van der Waals surface area contributed by atoms with Crippen LogP contribution in [0, 0.1) is 17.7 Å². The van der Waals surface area contributed by atoms with E-state index in [2.05, 4.69) is 0 Å². The molecule has 1 aromatic carbocycles. The molecule has 5 nitrogen and oxygen atoms in total. The largest absolute Gasteiger partial charge is 0.481 e. The average molecular weight is 317 g/mol. The lowest BCUT2D eigenvalue weighted by atomic mass is 9.77. The highest BCUT2D eigenvalue weighted by Gasteiger charge is 2.66. The van der Waals surface area contributed by atoms with Gasteiger partial charge in [0.15, 0.2) is 0 Å². The van der Waals surface area contributed by atoms with Crippen molar-refractivity contribution in [3.8, 4) is 0 Å². The molecule has 4 rings (SSSR count). The molecule has 0 saturated carbocycles. The first-order valence-electron chi connectivity index (χ1n) is 7.63. The summed E-state index contributed by atoms with van der Waals surface area (Å²) >= 11 is 0. The number of hydrogen-bond donors (Lipinski definition) is 1. The molecule has 1 amide bonds. The lowest BCUT2D eigenvalue weighted by molar-refractivity contribution is -0.148. The van der Waals surface area contributed by atoms with E-state index in [1.165, 1.54) is 12.1 Å². The molecule has 1 aromatic rings. The molecular formula is C17H16FNO4. The number of fused-ring (bicyclic) bond motifs is 1. The van der Waals surface area contributed by atoms with E-state index in [0.29, 0.717) is 19.5 Å². The molecule has 3 aliphatic rings. The van der Waals surface area contributed by atoms with Crippen LogP contribution in [0.1, 0.15) is 5.56 Å². The van der Waals surface area contributed by atoms with Gasteiger partial charge < -0.3 is 14.7 Å². The zero-order valence-corrected chi connectivity index (χ0v) is 12.3. The number of carboxylic acid groups (broad SMARTS) is 1. The highest BCUT2D eigenvalue weighted by Crippen LogP contribution is 2.51. The Kier molecular flexibility index (Phi) is 3.06. The summed E-state index contributed by atoms with van der Waals surface area (Å²) in [6.07, 6.45) is 3.70. The molecular weight excluding hydrogens is 301 g/mol. The third kappa shape index (κ3) is 2.09. The van der Waals surface area contributed by atoms with Crippen molar-refractivity contribution in [1.29, 1.82) is 0 Å². The molecule has 1 spiro atoms. The molecule has 120 valence electrons. The maximum atomic E-state index is 12.9. The Labute approximate surface area is 132 Å². The van der Waals surface area contributed by atoms with Crippen LogP contribution in [-0.4, -0.2) is 46.7 Å². The standard InChI is InChI=1S/C17H16FNO4/c18-11-3-1-10(2-4-11)6-8-19-9-17-7-5-12(23-17)13(16(21)22)14(17)15(19)20/h1-5,7,12-14H,6,8-9H2,(H,21,22). The Morgan fingerprint density at radius 1 is 1.39 bits per heavy atom. The lowest BCUT2D eigenvalue weighted by Gasteiger charge is -2.21. The van der Waals surface area contributed by atoms with Crippen LogP contribution in [0.2, 0.25) is 0 Å². The van der Waals surface area contributed by atoms with Crippen LogP contribution >= 0.6 is 0 Å². The monoisotopic (exact) mass is 317 g/mol. The number of carboxylic acids is 1. The number of carbonyl (C=O) groups is 2. The molecule has 6 heteroatoms. The molecule has 0 radical (unpaired) electrons. The van der Waals surface area contributed by atoms with Crippen LogP contribution in [0.25, 0.3) is 0 Å². The minimum Gasteiger partial charge on any atom is -0.481 e. The molecule has 4 atom stereocenters. The molecule has 2 saturated heterocycles. The first-order chi connectivity index (χ1) is 11.0. The van der Waals surface area contributed by atoms with Crippen molar-refractivity contribution in [2.24, 2.45) is 11.8 Å². The second-order valence-corrected chi connectivity index (χ2v) is 6.37. The van der Waals surface area contributed by atoms with Gasteiger partial charge in [-0.1, -0.05) is 24.3 Å². The van der Waals surface area contributed by atoms with E-state index < -0.39 is 29.5 Å². The van der Waals surface area contributed by atoms with E-state index in [-0.39, 0.29) is 11.7 Å². The Morgan fingerprint density at radius 3 is 2.83 bits per heavy atom. The van der Waals surface area contributed by atoms with Crippen molar-refractivity contribution in [3.63, 3.8) is 0 Å². The summed E-state index contributed by atoms with van der Waals surface area (Å²) in [5, 5.41) is 9.40. The van der Waals surface area contributed by atoms with Gasteiger partial charge in [-0.15, -0.1) is 0 Å². The van der Waals surface area contributed by atoms with Crippen LogP contribution in [0.3, 0.4) is 0 Å².